The standard InChI is InChI=1S/C14H10BrFN2O2S/c1-21(19,20)9-3-5-12-13(7-9)18-14(17-12)8-2-4-11(16)10(15)6-8/h2-7H,1H3,(H,17,18). The van der Waals surface area contributed by atoms with E-state index >= 15 is 0 Å². The summed E-state index contributed by atoms with van der Waals surface area (Å²) in [6, 6.07) is 9.27. The maximum absolute atomic E-state index is 13.3. The Bertz CT molecular complexity index is 951. The van der Waals surface area contributed by atoms with Crippen molar-refractivity contribution in [3.8, 4) is 11.4 Å². The number of nitrogens with one attached hydrogen (secondary N) is 1. The van der Waals surface area contributed by atoms with Crippen molar-refractivity contribution >= 4 is 36.8 Å². The summed E-state index contributed by atoms with van der Waals surface area (Å²) >= 11 is 3.13. The second kappa shape index (κ2) is 4.92. The van der Waals surface area contributed by atoms with E-state index in [1.54, 1.807) is 24.3 Å². The van der Waals surface area contributed by atoms with Gasteiger partial charge >= 0.3 is 0 Å². The first kappa shape index (κ1) is 14.2. The summed E-state index contributed by atoms with van der Waals surface area (Å²) in [5.74, 6) is 0.200. The summed E-state index contributed by atoms with van der Waals surface area (Å²) in [5.41, 5.74) is 1.98. The van der Waals surface area contributed by atoms with E-state index in [1.807, 2.05) is 0 Å². The molecule has 0 fully saturated rings. The molecule has 0 atom stereocenters. The van der Waals surface area contributed by atoms with Gasteiger partial charge in [0.25, 0.3) is 0 Å². The molecule has 2 aromatic carbocycles. The topological polar surface area (TPSA) is 62.8 Å². The lowest BCUT2D eigenvalue weighted by Gasteiger charge is -1.98. The van der Waals surface area contributed by atoms with Gasteiger partial charge in [0.05, 0.1) is 20.4 Å². The lowest BCUT2D eigenvalue weighted by Crippen LogP contribution is -1.96. The monoisotopic (exact) mass is 368 g/mol. The van der Waals surface area contributed by atoms with Gasteiger partial charge in [0.15, 0.2) is 9.84 Å². The van der Waals surface area contributed by atoms with E-state index in [0.717, 1.165) is 6.26 Å². The molecule has 7 heteroatoms. The Kier molecular flexibility index (Phi) is 3.33. The highest BCUT2D eigenvalue weighted by Gasteiger charge is 2.11. The Hall–Kier alpha value is -1.73. The molecule has 3 rings (SSSR count). The maximum Gasteiger partial charge on any atom is 0.175 e. The average molecular weight is 369 g/mol. The molecule has 0 saturated carbocycles. The predicted octanol–water partition coefficient (Wildman–Crippen LogP) is 3.54. The first-order chi connectivity index (χ1) is 9.84. The number of aromatic amines is 1. The van der Waals surface area contributed by atoms with Crippen molar-refractivity contribution in [3.05, 3.63) is 46.7 Å². The minimum atomic E-state index is -3.27. The number of hydrogen-bond acceptors (Lipinski definition) is 3. The van der Waals surface area contributed by atoms with Crippen LogP contribution < -0.4 is 0 Å². The van der Waals surface area contributed by atoms with Gasteiger partial charge in [0.1, 0.15) is 11.6 Å². The molecule has 0 aliphatic heterocycles. The van der Waals surface area contributed by atoms with E-state index in [-0.39, 0.29) is 10.7 Å². The number of imidazole rings is 1. The van der Waals surface area contributed by atoms with Gasteiger partial charge in [-0.2, -0.15) is 0 Å². The Balaban J connectivity index is 2.14. The molecular formula is C14H10BrFN2O2S. The highest BCUT2D eigenvalue weighted by Crippen LogP contribution is 2.26. The van der Waals surface area contributed by atoms with Crippen LogP contribution in [-0.2, 0) is 9.84 Å². The zero-order valence-electron chi connectivity index (χ0n) is 10.9. The third kappa shape index (κ3) is 2.71. The first-order valence-corrected chi connectivity index (χ1v) is 8.68. The van der Waals surface area contributed by atoms with E-state index in [2.05, 4.69) is 25.9 Å². The van der Waals surface area contributed by atoms with Crippen LogP contribution in [0.1, 0.15) is 0 Å². The zero-order chi connectivity index (χ0) is 15.2. The average Bonchev–Trinajstić information content (AvgIpc) is 2.83. The van der Waals surface area contributed by atoms with Crippen LogP contribution in [0.4, 0.5) is 4.39 Å². The smallest absolute Gasteiger partial charge is 0.175 e. The summed E-state index contributed by atoms with van der Waals surface area (Å²) in [6.07, 6.45) is 1.16. The van der Waals surface area contributed by atoms with E-state index in [9.17, 15) is 12.8 Å². The quantitative estimate of drug-likeness (QED) is 0.752. The summed E-state index contributed by atoms with van der Waals surface area (Å²) in [6.45, 7) is 0. The number of H-pyrrole nitrogens is 1. The second-order valence-corrected chi connectivity index (χ2v) is 7.54. The van der Waals surface area contributed by atoms with Gasteiger partial charge in [0.2, 0.25) is 0 Å². The third-order valence-electron chi connectivity index (χ3n) is 3.07. The molecule has 0 aliphatic carbocycles. The predicted molar refractivity (Wildman–Crippen MR) is 82.3 cm³/mol. The number of nitrogens with zero attached hydrogens (tertiary/aromatic N) is 1. The lowest BCUT2D eigenvalue weighted by molar-refractivity contribution is 0.602. The number of hydrogen-bond donors (Lipinski definition) is 1. The molecule has 4 nitrogen and oxygen atoms in total. The molecule has 1 aromatic heterocycles. The molecule has 0 amide bonds. The fraction of sp³-hybridized carbons (Fsp3) is 0.0714. The lowest BCUT2D eigenvalue weighted by atomic mass is 10.2. The third-order valence-corrected chi connectivity index (χ3v) is 4.79. The molecule has 0 saturated heterocycles. The fourth-order valence-electron chi connectivity index (χ4n) is 2.00. The first-order valence-electron chi connectivity index (χ1n) is 6.00. The minimum Gasteiger partial charge on any atom is -0.338 e. The zero-order valence-corrected chi connectivity index (χ0v) is 13.3. The van der Waals surface area contributed by atoms with Crippen LogP contribution in [0.15, 0.2) is 45.8 Å². The number of halogens is 2. The molecule has 1 heterocycles. The molecular weight excluding hydrogens is 359 g/mol. The van der Waals surface area contributed by atoms with Crippen molar-refractivity contribution in [2.24, 2.45) is 0 Å². The van der Waals surface area contributed by atoms with Crippen LogP contribution in [0.25, 0.3) is 22.4 Å². The van der Waals surface area contributed by atoms with Crippen molar-refractivity contribution in [1.82, 2.24) is 9.97 Å². The molecule has 0 spiro atoms. The molecule has 21 heavy (non-hydrogen) atoms. The Labute approximate surface area is 129 Å². The van der Waals surface area contributed by atoms with Crippen LogP contribution in [0.3, 0.4) is 0 Å². The van der Waals surface area contributed by atoms with E-state index in [0.29, 0.717) is 26.9 Å². The van der Waals surface area contributed by atoms with Gasteiger partial charge in [-0.1, -0.05) is 0 Å². The van der Waals surface area contributed by atoms with Crippen LogP contribution in [0.5, 0.6) is 0 Å². The van der Waals surface area contributed by atoms with Gasteiger partial charge in [0, 0.05) is 11.8 Å². The van der Waals surface area contributed by atoms with Gasteiger partial charge in [-0.25, -0.2) is 17.8 Å². The van der Waals surface area contributed by atoms with Gasteiger partial charge in [-0.05, 0) is 52.3 Å². The van der Waals surface area contributed by atoms with Crippen molar-refractivity contribution in [3.63, 3.8) is 0 Å². The molecule has 1 N–H and O–H groups in total. The van der Waals surface area contributed by atoms with Crippen LogP contribution in [0, 0.1) is 5.82 Å². The Morgan fingerprint density at radius 1 is 1.19 bits per heavy atom. The van der Waals surface area contributed by atoms with E-state index in [1.165, 1.54) is 12.1 Å². The molecule has 0 unspecified atom stereocenters. The highest BCUT2D eigenvalue weighted by atomic mass is 79.9. The van der Waals surface area contributed by atoms with Crippen LogP contribution >= 0.6 is 15.9 Å². The van der Waals surface area contributed by atoms with Crippen molar-refractivity contribution < 1.29 is 12.8 Å². The Morgan fingerprint density at radius 2 is 1.95 bits per heavy atom. The maximum atomic E-state index is 13.3. The molecule has 3 aromatic rings. The number of fused-ring (bicyclic) bond motifs is 1. The minimum absolute atomic E-state index is 0.227. The van der Waals surface area contributed by atoms with Crippen molar-refractivity contribution in [2.45, 2.75) is 4.90 Å². The van der Waals surface area contributed by atoms with E-state index in [4.69, 9.17) is 0 Å². The van der Waals surface area contributed by atoms with Gasteiger partial charge in [-0.3, -0.25) is 0 Å². The van der Waals surface area contributed by atoms with Crippen LogP contribution in [0.2, 0.25) is 0 Å². The van der Waals surface area contributed by atoms with Crippen molar-refractivity contribution in [1.29, 1.82) is 0 Å². The normalized spacial score (nSPS) is 12.0. The number of benzene rings is 2. The SMILES string of the molecule is CS(=O)(=O)c1ccc2nc(-c3ccc(F)c(Br)c3)[nH]c2c1. The summed E-state index contributed by atoms with van der Waals surface area (Å²) in [5, 5.41) is 0. The Morgan fingerprint density at radius 3 is 2.62 bits per heavy atom. The number of aromatic nitrogens is 2. The largest absolute Gasteiger partial charge is 0.338 e. The van der Waals surface area contributed by atoms with Gasteiger partial charge in [-0.15, -0.1) is 0 Å². The summed E-state index contributed by atoms with van der Waals surface area (Å²) in [7, 11) is -3.27. The van der Waals surface area contributed by atoms with Gasteiger partial charge < -0.3 is 4.98 Å². The van der Waals surface area contributed by atoms with Crippen molar-refractivity contribution in [2.75, 3.05) is 6.26 Å². The molecule has 0 bridgehead atoms. The second-order valence-electron chi connectivity index (χ2n) is 4.67. The molecule has 108 valence electrons. The molecule has 0 radical (unpaired) electrons. The summed E-state index contributed by atoms with van der Waals surface area (Å²) < 4.78 is 36.7. The fourth-order valence-corrected chi connectivity index (χ4v) is 3.03. The highest BCUT2D eigenvalue weighted by molar-refractivity contribution is 9.10. The summed E-state index contributed by atoms with van der Waals surface area (Å²) in [4.78, 5) is 7.66. The van der Waals surface area contributed by atoms with Crippen LogP contribution in [-0.4, -0.2) is 24.6 Å². The number of rotatable bonds is 2. The molecule has 0 aliphatic rings. The number of sulfone groups is 1. The van der Waals surface area contributed by atoms with E-state index < -0.39 is 9.84 Å².